The summed E-state index contributed by atoms with van der Waals surface area (Å²) in [6, 6.07) is 8.38. The van der Waals surface area contributed by atoms with E-state index < -0.39 is 0 Å². The van der Waals surface area contributed by atoms with Gasteiger partial charge in [-0.1, -0.05) is 30.4 Å². The molecule has 0 atom stereocenters. The Morgan fingerprint density at radius 2 is 2.00 bits per heavy atom. The summed E-state index contributed by atoms with van der Waals surface area (Å²) < 4.78 is 0. The zero-order valence-corrected chi connectivity index (χ0v) is 7.96. The lowest BCUT2D eigenvalue weighted by Gasteiger charge is -1.90. The number of allylic oxidation sites excluding steroid dienone is 1. The molecule has 0 unspecified atom stereocenters. The van der Waals surface area contributed by atoms with E-state index in [-0.39, 0.29) is 0 Å². The second kappa shape index (κ2) is 3.09. The van der Waals surface area contributed by atoms with Crippen LogP contribution < -0.4 is 0 Å². The summed E-state index contributed by atoms with van der Waals surface area (Å²) in [6.07, 6.45) is 4.22. The van der Waals surface area contributed by atoms with Crippen LogP contribution in [0.2, 0.25) is 0 Å². The van der Waals surface area contributed by atoms with Crippen LogP contribution in [-0.4, -0.2) is 4.98 Å². The van der Waals surface area contributed by atoms with E-state index in [1.807, 2.05) is 6.92 Å². The molecule has 1 aromatic heterocycles. The van der Waals surface area contributed by atoms with Crippen LogP contribution in [0.15, 0.2) is 30.3 Å². The SMILES string of the molecule is CC=Cc1c(C)[nH]c2ccccc12. The van der Waals surface area contributed by atoms with Gasteiger partial charge in [-0.05, 0) is 19.9 Å². The van der Waals surface area contributed by atoms with Gasteiger partial charge in [0.15, 0.2) is 0 Å². The van der Waals surface area contributed by atoms with Gasteiger partial charge >= 0.3 is 0 Å². The molecule has 1 aromatic carbocycles. The topological polar surface area (TPSA) is 15.8 Å². The number of H-pyrrole nitrogens is 1. The van der Waals surface area contributed by atoms with Crippen LogP contribution in [-0.2, 0) is 0 Å². The molecule has 1 heterocycles. The zero-order valence-electron chi connectivity index (χ0n) is 7.96. The van der Waals surface area contributed by atoms with E-state index in [4.69, 9.17) is 0 Å². The number of aryl methyl sites for hydroxylation is 1. The molecule has 0 amide bonds. The van der Waals surface area contributed by atoms with E-state index in [0.29, 0.717) is 0 Å². The first-order chi connectivity index (χ1) is 6.33. The maximum Gasteiger partial charge on any atom is 0.0462 e. The van der Waals surface area contributed by atoms with Crippen molar-refractivity contribution in [3.05, 3.63) is 41.6 Å². The summed E-state index contributed by atoms with van der Waals surface area (Å²) in [4.78, 5) is 3.36. The van der Waals surface area contributed by atoms with Gasteiger partial charge in [-0.2, -0.15) is 0 Å². The highest BCUT2D eigenvalue weighted by Gasteiger charge is 2.02. The van der Waals surface area contributed by atoms with Gasteiger partial charge in [-0.25, -0.2) is 0 Å². The fourth-order valence-electron chi connectivity index (χ4n) is 1.68. The minimum atomic E-state index is 1.22. The van der Waals surface area contributed by atoms with Crippen LogP contribution in [0.1, 0.15) is 18.2 Å². The Balaban J connectivity index is 2.78. The van der Waals surface area contributed by atoms with Crippen molar-refractivity contribution in [2.45, 2.75) is 13.8 Å². The molecule has 13 heavy (non-hydrogen) atoms. The first kappa shape index (κ1) is 8.11. The summed E-state index contributed by atoms with van der Waals surface area (Å²) in [5.74, 6) is 0. The molecule has 0 bridgehead atoms. The highest BCUT2D eigenvalue weighted by Crippen LogP contribution is 2.22. The molecule has 0 spiro atoms. The second-order valence-electron chi connectivity index (χ2n) is 3.21. The van der Waals surface area contributed by atoms with E-state index in [0.717, 1.165) is 0 Å². The largest absolute Gasteiger partial charge is 0.358 e. The first-order valence-corrected chi connectivity index (χ1v) is 4.53. The number of aromatic nitrogens is 1. The average molecular weight is 171 g/mol. The molecule has 0 saturated heterocycles. The summed E-state index contributed by atoms with van der Waals surface area (Å²) in [5, 5.41) is 1.30. The fourth-order valence-corrected chi connectivity index (χ4v) is 1.68. The number of hydrogen-bond donors (Lipinski definition) is 1. The van der Waals surface area contributed by atoms with Crippen molar-refractivity contribution in [1.82, 2.24) is 4.98 Å². The predicted molar refractivity (Wildman–Crippen MR) is 57.7 cm³/mol. The normalized spacial score (nSPS) is 11.5. The Labute approximate surface area is 78.1 Å². The van der Waals surface area contributed by atoms with Crippen molar-refractivity contribution in [2.24, 2.45) is 0 Å². The van der Waals surface area contributed by atoms with Gasteiger partial charge in [0.05, 0.1) is 0 Å². The maximum absolute atomic E-state index is 3.36. The molecule has 1 N–H and O–H groups in total. The van der Waals surface area contributed by atoms with Gasteiger partial charge < -0.3 is 4.98 Å². The molecular formula is C12H13N. The number of aromatic amines is 1. The predicted octanol–water partition coefficient (Wildman–Crippen LogP) is 3.51. The molecule has 0 fully saturated rings. The second-order valence-corrected chi connectivity index (χ2v) is 3.21. The van der Waals surface area contributed by atoms with E-state index in [1.54, 1.807) is 0 Å². The third-order valence-electron chi connectivity index (χ3n) is 2.28. The van der Waals surface area contributed by atoms with Crippen LogP contribution in [0.5, 0.6) is 0 Å². The summed E-state index contributed by atoms with van der Waals surface area (Å²) in [5.41, 5.74) is 3.76. The Hall–Kier alpha value is -1.50. The van der Waals surface area contributed by atoms with Crippen molar-refractivity contribution in [3.8, 4) is 0 Å². The number of para-hydroxylation sites is 1. The highest BCUT2D eigenvalue weighted by atomic mass is 14.7. The van der Waals surface area contributed by atoms with Crippen LogP contribution in [0, 0.1) is 6.92 Å². The molecule has 66 valence electrons. The first-order valence-electron chi connectivity index (χ1n) is 4.53. The molecular weight excluding hydrogens is 158 g/mol. The summed E-state index contributed by atoms with van der Waals surface area (Å²) >= 11 is 0. The van der Waals surface area contributed by atoms with Crippen LogP contribution in [0.25, 0.3) is 17.0 Å². The van der Waals surface area contributed by atoms with E-state index >= 15 is 0 Å². The molecule has 1 heteroatoms. The smallest absolute Gasteiger partial charge is 0.0462 e. The monoisotopic (exact) mass is 171 g/mol. The summed E-state index contributed by atoms with van der Waals surface area (Å²) in [6.45, 7) is 4.15. The average Bonchev–Trinajstić information content (AvgIpc) is 2.44. The molecule has 0 aliphatic carbocycles. The molecule has 1 nitrogen and oxygen atoms in total. The number of nitrogens with one attached hydrogen (secondary N) is 1. The third kappa shape index (κ3) is 1.26. The standard InChI is InChI=1S/C12H13N/c1-3-6-10-9(2)13-12-8-5-4-7-11(10)12/h3-8,13H,1-2H3. The molecule has 0 radical (unpaired) electrons. The van der Waals surface area contributed by atoms with Gasteiger partial charge in [0.2, 0.25) is 0 Å². The number of hydrogen-bond acceptors (Lipinski definition) is 0. The third-order valence-corrected chi connectivity index (χ3v) is 2.28. The number of benzene rings is 1. The van der Waals surface area contributed by atoms with Crippen LogP contribution in [0.4, 0.5) is 0 Å². The van der Waals surface area contributed by atoms with Crippen molar-refractivity contribution in [3.63, 3.8) is 0 Å². The number of fused-ring (bicyclic) bond motifs is 1. The van der Waals surface area contributed by atoms with Crippen LogP contribution in [0.3, 0.4) is 0 Å². The van der Waals surface area contributed by atoms with E-state index in [2.05, 4.69) is 48.3 Å². The Bertz CT molecular complexity index is 449. The van der Waals surface area contributed by atoms with E-state index in [1.165, 1.54) is 22.2 Å². The fraction of sp³-hybridized carbons (Fsp3) is 0.167. The highest BCUT2D eigenvalue weighted by molar-refractivity contribution is 5.90. The summed E-state index contributed by atoms with van der Waals surface area (Å²) in [7, 11) is 0. The lowest BCUT2D eigenvalue weighted by atomic mass is 10.1. The van der Waals surface area contributed by atoms with Gasteiger partial charge in [0.25, 0.3) is 0 Å². The van der Waals surface area contributed by atoms with Gasteiger partial charge in [0.1, 0.15) is 0 Å². The molecule has 2 aromatic rings. The van der Waals surface area contributed by atoms with Gasteiger partial charge in [0, 0.05) is 22.2 Å². The van der Waals surface area contributed by atoms with Gasteiger partial charge in [-0.3, -0.25) is 0 Å². The van der Waals surface area contributed by atoms with Gasteiger partial charge in [-0.15, -0.1) is 0 Å². The molecule has 0 aliphatic heterocycles. The van der Waals surface area contributed by atoms with Crippen molar-refractivity contribution in [1.29, 1.82) is 0 Å². The van der Waals surface area contributed by atoms with Crippen LogP contribution >= 0.6 is 0 Å². The molecule has 2 rings (SSSR count). The number of rotatable bonds is 1. The Morgan fingerprint density at radius 1 is 1.23 bits per heavy atom. The van der Waals surface area contributed by atoms with E-state index in [9.17, 15) is 0 Å². The lowest BCUT2D eigenvalue weighted by Crippen LogP contribution is -1.72. The molecule has 0 saturated carbocycles. The quantitative estimate of drug-likeness (QED) is 0.675. The Morgan fingerprint density at radius 3 is 2.77 bits per heavy atom. The minimum Gasteiger partial charge on any atom is -0.358 e. The van der Waals surface area contributed by atoms with Crippen molar-refractivity contribution >= 4 is 17.0 Å². The minimum absolute atomic E-state index is 1.22. The van der Waals surface area contributed by atoms with Crippen molar-refractivity contribution in [2.75, 3.05) is 0 Å². The lowest BCUT2D eigenvalue weighted by molar-refractivity contribution is 1.29. The maximum atomic E-state index is 3.36. The van der Waals surface area contributed by atoms with Crippen molar-refractivity contribution < 1.29 is 0 Å². The Kier molecular flexibility index (Phi) is 1.93. The zero-order chi connectivity index (χ0) is 9.26. The molecule has 0 aliphatic rings.